The lowest BCUT2D eigenvalue weighted by Gasteiger charge is -2.16. The molecule has 0 saturated heterocycles. The van der Waals surface area contributed by atoms with E-state index in [-0.39, 0.29) is 17.8 Å². The van der Waals surface area contributed by atoms with Crippen LogP contribution in [0.2, 0.25) is 0 Å². The maximum atomic E-state index is 14.5. The fourth-order valence-electron chi connectivity index (χ4n) is 5.74. The molecule has 0 spiro atoms. The average Bonchev–Trinajstić information content (AvgIpc) is 3.81. The van der Waals surface area contributed by atoms with E-state index in [1.54, 1.807) is 47.2 Å². The van der Waals surface area contributed by atoms with Crippen molar-refractivity contribution >= 4 is 29.2 Å². The molecule has 2 aromatic carbocycles. The van der Waals surface area contributed by atoms with Gasteiger partial charge in [0.2, 0.25) is 5.82 Å². The van der Waals surface area contributed by atoms with E-state index >= 15 is 0 Å². The molecule has 4 heterocycles. The topological polar surface area (TPSA) is 154 Å². The van der Waals surface area contributed by atoms with Crippen molar-refractivity contribution in [1.29, 1.82) is 0 Å². The maximum absolute atomic E-state index is 14.5. The van der Waals surface area contributed by atoms with Crippen LogP contribution in [0.4, 0.5) is 23.4 Å². The highest BCUT2D eigenvalue weighted by molar-refractivity contribution is 5.97. The number of nitrogens with one attached hydrogen (secondary N) is 1. The summed E-state index contributed by atoms with van der Waals surface area (Å²) in [5, 5.41) is 16.3. The van der Waals surface area contributed by atoms with Gasteiger partial charge in [-0.05, 0) is 72.5 Å². The first-order chi connectivity index (χ1) is 22.6. The highest BCUT2D eigenvalue weighted by atomic mass is 19.3. The number of benzene rings is 2. The van der Waals surface area contributed by atoms with Crippen molar-refractivity contribution in [2.75, 3.05) is 5.73 Å². The fourth-order valence-corrected chi connectivity index (χ4v) is 5.74. The Morgan fingerprint density at radius 1 is 1.06 bits per heavy atom. The van der Waals surface area contributed by atoms with Gasteiger partial charge in [-0.3, -0.25) is 14.2 Å². The van der Waals surface area contributed by atoms with E-state index in [2.05, 4.69) is 15.4 Å². The molecule has 0 saturated carbocycles. The van der Waals surface area contributed by atoms with Crippen LogP contribution >= 0.6 is 0 Å². The highest BCUT2D eigenvalue weighted by Gasteiger charge is 2.29. The minimum absolute atomic E-state index is 0.127. The molecule has 15 heteroatoms. The number of imidazole rings is 1. The smallest absolute Gasteiger partial charge is 0.333 e. The number of pyridine rings is 2. The molecular formula is C32H22F4N8O3. The predicted molar refractivity (Wildman–Crippen MR) is 161 cm³/mol. The first kappa shape index (κ1) is 29.6. The number of phenols is 1. The molecule has 4 N–H and O–H groups in total. The van der Waals surface area contributed by atoms with E-state index in [9.17, 15) is 32.3 Å². The second-order valence-corrected chi connectivity index (χ2v) is 10.8. The molecule has 1 aliphatic carbocycles. The molecule has 0 aliphatic heterocycles. The van der Waals surface area contributed by atoms with Gasteiger partial charge in [0.05, 0.1) is 28.4 Å². The maximum Gasteiger partial charge on any atom is 0.333 e. The number of nitrogens with two attached hydrogens (primary N) is 1. The van der Waals surface area contributed by atoms with Crippen LogP contribution in [-0.2, 0) is 6.42 Å². The number of aromatic nitrogens is 6. The number of fused-ring (bicyclic) bond motifs is 2. The predicted octanol–water partition coefficient (Wildman–Crippen LogP) is 5.54. The number of aromatic hydroxyl groups is 1. The van der Waals surface area contributed by atoms with Crippen molar-refractivity contribution in [1.82, 2.24) is 34.6 Å². The zero-order valence-corrected chi connectivity index (χ0v) is 24.0. The summed E-state index contributed by atoms with van der Waals surface area (Å²) in [5.41, 5.74) is 9.15. The molecular weight excluding hydrogens is 620 g/mol. The number of carbonyl (C=O) groups excluding carboxylic acids is 2. The number of nitrogen functional groups attached to an aromatic ring is 1. The van der Waals surface area contributed by atoms with Crippen LogP contribution in [0.5, 0.6) is 5.75 Å². The lowest BCUT2D eigenvalue weighted by atomic mass is 10.0. The number of nitrogens with zero attached hydrogens (tertiary/aromatic N) is 6. The van der Waals surface area contributed by atoms with E-state index in [0.717, 1.165) is 23.4 Å². The molecule has 4 aromatic heterocycles. The Balaban J connectivity index is 1.29. The summed E-state index contributed by atoms with van der Waals surface area (Å²) >= 11 is 0. The first-order valence-corrected chi connectivity index (χ1v) is 14.2. The largest absolute Gasteiger partial charge is 0.504 e. The van der Waals surface area contributed by atoms with Crippen molar-refractivity contribution in [2.45, 2.75) is 25.4 Å². The lowest BCUT2D eigenvalue weighted by Crippen LogP contribution is -2.28. The van der Waals surface area contributed by atoms with Gasteiger partial charge >= 0.3 is 6.55 Å². The van der Waals surface area contributed by atoms with E-state index in [4.69, 9.17) is 15.7 Å². The summed E-state index contributed by atoms with van der Waals surface area (Å²) in [6, 6.07) is 13.9. The van der Waals surface area contributed by atoms with Gasteiger partial charge in [0.25, 0.3) is 5.91 Å². The summed E-state index contributed by atoms with van der Waals surface area (Å²) in [6.45, 7) is -2.81. The molecule has 0 radical (unpaired) electrons. The van der Waals surface area contributed by atoms with E-state index < -0.39 is 47.0 Å². The molecule has 1 aliphatic rings. The number of halogens is 4. The third kappa shape index (κ3) is 5.01. The average molecular weight is 643 g/mol. The monoisotopic (exact) mass is 642 g/mol. The van der Waals surface area contributed by atoms with Gasteiger partial charge in [-0.25, -0.2) is 24.0 Å². The summed E-state index contributed by atoms with van der Waals surface area (Å²) in [4.78, 5) is 37.9. The Hall–Kier alpha value is -6.12. The molecule has 6 aromatic rings. The minimum atomic E-state index is -2.81. The highest BCUT2D eigenvalue weighted by Crippen LogP contribution is 2.37. The molecule has 0 unspecified atom stereocenters. The Morgan fingerprint density at radius 3 is 2.64 bits per heavy atom. The van der Waals surface area contributed by atoms with Crippen LogP contribution in [-0.4, -0.2) is 46.6 Å². The van der Waals surface area contributed by atoms with Crippen LogP contribution in [0, 0.1) is 11.6 Å². The number of phenolic OH excluding ortho intramolecular Hbond substituents is 1. The molecule has 0 fully saturated rings. The summed E-state index contributed by atoms with van der Waals surface area (Å²) in [6.07, 6.45) is 3.79. The number of alkyl halides is 2. The minimum Gasteiger partial charge on any atom is -0.504 e. The number of rotatable bonds is 7. The van der Waals surface area contributed by atoms with Crippen LogP contribution in [0.15, 0.2) is 67.0 Å². The Bertz CT molecular complexity index is 2230. The fraction of sp³-hybridized carbons (Fsp3) is 0.125. The Morgan fingerprint density at radius 2 is 1.89 bits per heavy atom. The number of carbonyl (C=O) groups is 2. The Labute approximate surface area is 262 Å². The van der Waals surface area contributed by atoms with Crippen LogP contribution in [0.1, 0.15) is 50.9 Å². The molecule has 0 bridgehead atoms. The lowest BCUT2D eigenvalue weighted by molar-refractivity contribution is 0.0568. The third-order valence-electron chi connectivity index (χ3n) is 8.00. The summed E-state index contributed by atoms with van der Waals surface area (Å²) < 4.78 is 57.4. The molecule has 1 atom stereocenters. The first-order valence-electron chi connectivity index (χ1n) is 14.2. The van der Waals surface area contributed by atoms with Gasteiger partial charge in [-0.2, -0.15) is 18.3 Å². The molecule has 47 heavy (non-hydrogen) atoms. The van der Waals surface area contributed by atoms with Crippen LogP contribution in [0.25, 0.3) is 39.6 Å². The summed E-state index contributed by atoms with van der Waals surface area (Å²) in [5.74, 6) is -4.73. The van der Waals surface area contributed by atoms with Gasteiger partial charge in [0.15, 0.2) is 29.3 Å². The standard InChI is InChI=1S/C32H22F4N8O3/c33-25-20(13-16(14-45)27(46)26(25)34)31(47)41-21-6-3-15-12-17(4-5-18(15)21)44-29(19-2-1-10-38-28(19)37)40-24-8-7-22(39-30(24)44)23-9-11-43(42-23)32(35)36/h1-2,4-5,7-14,21,32,46H,3,6H2,(H2,37,38)(H,41,47)/t21-/m0/s1. The number of hydrogen-bond acceptors (Lipinski definition) is 8. The van der Waals surface area contributed by atoms with E-state index in [1.165, 1.54) is 6.07 Å². The number of amides is 1. The summed E-state index contributed by atoms with van der Waals surface area (Å²) in [7, 11) is 0. The second-order valence-electron chi connectivity index (χ2n) is 10.8. The van der Waals surface area contributed by atoms with Crippen molar-refractivity contribution in [2.24, 2.45) is 0 Å². The number of hydrogen-bond donors (Lipinski definition) is 3. The van der Waals surface area contributed by atoms with Gasteiger partial charge in [0, 0.05) is 18.1 Å². The number of anilines is 1. The van der Waals surface area contributed by atoms with Crippen molar-refractivity contribution in [3.8, 4) is 34.2 Å². The Kier molecular flexibility index (Phi) is 7.14. The number of aldehydes is 1. The normalized spacial score (nSPS) is 14.1. The van der Waals surface area contributed by atoms with Crippen molar-refractivity contribution in [3.63, 3.8) is 0 Å². The zero-order valence-electron chi connectivity index (χ0n) is 24.0. The van der Waals surface area contributed by atoms with Crippen molar-refractivity contribution < 1.29 is 32.3 Å². The zero-order chi connectivity index (χ0) is 33.0. The molecule has 236 valence electrons. The van der Waals surface area contributed by atoms with Crippen molar-refractivity contribution in [3.05, 3.63) is 101 Å². The van der Waals surface area contributed by atoms with E-state index in [0.29, 0.717) is 51.5 Å². The quantitative estimate of drug-likeness (QED) is 0.152. The second kappa shape index (κ2) is 11.3. The van der Waals surface area contributed by atoms with E-state index in [1.807, 2.05) is 6.07 Å². The number of aryl methyl sites for hydroxylation is 1. The SMILES string of the molecule is Nc1ncccc1-c1nc2ccc(-c3ccn(C(F)F)n3)nc2n1-c1ccc2c(c1)CC[C@@H]2NC(=O)c1cc(C=O)c(O)c(F)c1F. The van der Waals surface area contributed by atoms with Gasteiger partial charge in [-0.15, -0.1) is 0 Å². The molecule has 11 nitrogen and oxygen atoms in total. The van der Waals surface area contributed by atoms with Crippen LogP contribution < -0.4 is 11.1 Å². The third-order valence-corrected chi connectivity index (χ3v) is 8.00. The van der Waals surface area contributed by atoms with Crippen LogP contribution in [0.3, 0.4) is 0 Å². The van der Waals surface area contributed by atoms with Gasteiger partial charge < -0.3 is 16.2 Å². The van der Waals surface area contributed by atoms with Gasteiger partial charge in [0.1, 0.15) is 17.0 Å². The molecule has 7 rings (SSSR count). The molecule has 1 amide bonds. The van der Waals surface area contributed by atoms with Gasteiger partial charge in [-0.1, -0.05) is 6.07 Å².